The zero-order valence-corrected chi connectivity index (χ0v) is 11.3. The molecule has 4 heteroatoms. The van der Waals surface area contributed by atoms with Crippen molar-refractivity contribution in [2.75, 3.05) is 5.32 Å². The summed E-state index contributed by atoms with van der Waals surface area (Å²) in [6, 6.07) is 7.63. The topological polar surface area (TPSA) is 54.9 Å². The molecule has 2 rings (SSSR count). The maximum atomic E-state index is 12.0. The van der Waals surface area contributed by atoms with Crippen molar-refractivity contribution in [1.82, 2.24) is 9.97 Å². The van der Waals surface area contributed by atoms with Crippen molar-refractivity contribution in [3.63, 3.8) is 0 Å². The Hall–Kier alpha value is -2.23. The quantitative estimate of drug-likeness (QED) is 0.897. The minimum atomic E-state index is -0.157. The summed E-state index contributed by atoms with van der Waals surface area (Å²) in [5, 5.41) is 2.75. The standard InChI is InChI=1S/C15H17N3O/c1-15(2,3)12-6-4-11(5-7-12)14(19)18-13-8-16-10-17-9-13/h4-10H,1-3H3,(H,18,19). The Labute approximate surface area is 112 Å². The first kappa shape index (κ1) is 13.2. The van der Waals surface area contributed by atoms with Gasteiger partial charge in [0.25, 0.3) is 5.91 Å². The van der Waals surface area contributed by atoms with Gasteiger partial charge in [0.05, 0.1) is 18.1 Å². The van der Waals surface area contributed by atoms with E-state index in [-0.39, 0.29) is 11.3 Å². The van der Waals surface area contributed by atoms with Crippen molar-refractivity contribution >= 4 is 11.6 Å². The van der Waals surface area contributed by atoms with Crippen LogP contribution in [0.25, 0.3) is 0 Å². The van der Waals surface area contributed by atoms with E-state index < -0.39 is 0 Å². The van der Waals surface area contributed by atoms with E-state index in [9.17, 15) is 4.79 Å². The van der Waals surface area contributed by atoms with Crippen LogP contribution in [0.5, 0.6) is 0 Å². The number of carbonyl (C=O) groups is 1. The second kappa shape index (κ2) is 5.18. The summed E-state index contributed by atoms with van der Waals surface area (Å²) in [6.45, 7) is 6.43. The van der Waals surface area contributed by atoms with Gasteiger partial charge in [-0.1, -0.05) is 32.9 Å². The van der Waals surface area contributed by atoms with Crippen LogP contribution in [-0.4, -0.2) is 15.9 Å². The second-order valence-corrected chi connectivity index (χ2v) is 5.41. The van der Waals surface area contributed by atoms with Crippen molar-refractivity contribution < 1.29 is 4.79 Å². The molecule has 98 valence electrons. The number of anilines is 1. The van der Waals surface area contributed by atoms with E-state index in [1.54, 1.807) is 12.4 Å². The summed E-state index contributed by atoms with van der Waals surface area (Å²) in [7, 11) is 0. The number of rotatable bonds is 2. The Balaban J connectivity index is 2.12. The Bertz CT molecular complexity index is 556. The Morgan fingerprint density at radius 1 is 1.05 bits per heavy atom. The van der Waals surface area contributed by atoms with E-state index >= 15 is 0 Å². The van der Waals surface area contributed by atoms with Crippen LogP contribution in [0.3, 0.4) is 0 Å². The van der Waals surface area contributed by atoms with Gasteiger partial charge in [-0.15, -0.1) is 0 Å². The molecule has 0 radical (unpaired) electrons. The lowest BCUT2D eigenvalue weighted by molar-refractivity contribution is 0.102. The van der Waals surface area contributed by atoms with Crippen molar-refractivity contribution in [2.24, 2.45) is 0 Å². The number of amides is 1. The number of hydrogen-bond donors (Lipinski definition) is 1. The minimum absolute atomic E-state index is 0.0856. The number of aromatic nitrogens is 2. The van der Waals surface area contributed by atoms with Gasteiger partial charge in [-0.25, -0.2) is 9.97 Å². The normalized spacial score (nSPS) is 11.1. The monoisotopic (exact) mass is 255 g/mol. The SMILES string of the molecule is CC(C)(C)c1ccc(C(=O)Nc2cncnc2)cc1. The van der Waals surface area contributed by atoms with Gasteiger partial charge in [0, 0.05) is 5.56 Å². The lowest BCUT2D eigenvalue weighted by Crippen LogP contribution is -2.14. The van der Waals surface area contributed by atoms with Crippen LogP contribution in [0.4, 0.5) is 5.69 Å². The van der Waals surface area contributed by atoms with Gasteiger partial charge in [0.2, 0.25) is 0 Å². The average Bonchev–Trinajstić information content (AvgIpc) is 2.39. The van der Waals surface area contributed by atoms with Crippen molar-refractivity contribution in [3.05, 3.63) is 54.1 Å². The molecule has 4 nitrogen and oxygen atoms in total. The van der Waals surface area contributed by atoms with E-state index in [4.69, 9.17) is 0 Å². The first-order chi connectivity index (χ1) is 8.97. The van der Waals surface area contributed by atoms with Crippen LogP contribution in [0.2, 0.25) is 0 Å². The maximum Gasteiger partial charge on any atom is 0.255 e. The van der Waals surface area contributed by atoms with Crippen molar-refractivity contribution in [1.29, 1.82) is 0 Å². The molecule has 1 heterocycles. The molecule has 0 bridgehead atoms. The molecule has 0 aliphatic carbocycles. The number of hydrogen-bond acceptors (Lipinski definition) is 3. The molecule has 0 saturated carbocycles. The van der Waals surface area contributed by atoms with Gasteiger partial charge in [-0.05, 0) is 23.1 Å². The first-order valence-electron chi connectivity index (χ1n) is 6.14. The van der Waals surface area contributed by atoms with E-state index in [1.807, 2.05) is 24.3 Å². The fourth-order valence-corrected chi connectivity index (χ4v) is 1.69. The molecular weight excluding hydrogens is 238 g/mol. The van der Waals surface area contributed by atoms with E-state index in [1.165, 1.54) is 11.9 Å². The molecule has 1 amide bonds. The molecule has 0 aliphatic heterocycles. The third kappa shape index (κ3) is 3.37. The molecule has 2 aromatic rings. The molecule has 0 saturated heterocycles. The highest BCUT2D eigenvalue weighted by molar-refractivity contribution is 6.04. The van der Waals surface area contributed by atoms with Gasteiger partial charge in [-0.3, -0.25) is 4.79 Å². The summed E-state index contributed by atoms with van der Waals surface area (Å²) < 4.78 is 0. The highest BCUT2D eigenvalue weighted by atomic mass is 16.1. The maximum absolute atomic E-state index is 12.0. The molecule has 0 aliphatic rings. The summed E-state index contributed by atoms with van der Waals surface area (Å²) in [5.41, 5.74) is 2.50. The minimum Gasteiger partial charge on any atom is -0.319 e. The average molecular weight is 255 g/mol. The Morgan fingerprint density at radius 2 is 1.63 bits per heavy atom. The van der Waals surface area contributed by atoms with Crippen LogP contribution in [0, 0.1) is 0 Å². The second-order valence-electron chi connectivity index (χ2n) is 5.41. The molecule has 1 N–H and O–H groups in total. The zero-order valence-electron chi connectivity index (χ0n) is 11.3. The first-order valence-corrected chi connectivity index (χ1v) is 6.14. The van der Waals surface area contributed by atoms with Crippen LogP contribution in [0.15, 0.2) is 43.0 Å². The van der Waals surface area contributed by atoms with Crippen molar-refractivity contribution in [3.8, 4) is 0 Å². The molecule has 0 fully saturated rings. The largest absolute Gasteiger partial charge is 0.319 e. The number of benzene rings is 1. The summed E-state index contributed by atoms with van der Waals surface area (Å²) >= 11 is 0. The van der Waals surface area contributed by atoms with E-state index in [0.717, 1.165) is 0 Å². The molecular formula is C15H17N3O. The van der Waals surface area contributed by atoms with E-state index in [2.05, 4.69) is 36.1 Å². The van der Waals surface area contributed by atoms with Gasteiger partial charge in [-0.2, -0.15) is 0 Å². The van der Waals surface area contributed by atoms with Crippen LogP contribution < -0.4 is 5.32 Å². The molecule has 0 atom stereocenters. The molecule has 1 aromatic carbocycles. The van der Waals surface area contributed by atoms with Crippen LogP contribution in [0.1, 0.15) is 36.7 Å². The molecule has 0 unspecified atom stereocenters. The number of carbonyl (C=O) groups excluding carboxylic acids is 1. The van der Waals surface area contributed by atoms with Gasteiger partial charge in [0.15, 0.2) is 0 Å². The third-order valence-corrected chi connectivity index (χ3v) is 2.83. The Kier molecular flexibility index (Phi) is 3.60. The van der Waals surface area contributed by atoms with Crippen molar-refractivity contribution in [2.45, 2.75) is 26.2 Å². The lowest BCUT2D eigenvalue weighted by atomic mass is 9.87. The van der Waals surface area contributed by atoms with Gasteiger partial charge < -0.3 is 5.32 Å². The van der Waals surface area contributed by atoms with Gasteiger partial charge >= 0.3 is 0 Å². The molecule has 1 aromatic heterocycles. The zero-order chi connectivity index (χ0) is 13.9. The fourth-order valence-electron chi connectivity index (χ4n) is 1.69. The Morgan fingerprint density at radius 3 is 2.16 bits per heavy atom. The third-order valence-electron chi connectivity index (χ3n) is 2.83. The summed E-state index contributed by atoms with van der Waals surface area (Å²) in [6.07, 6.45) is 4.55. The summed E-state index contributed by atoms with van der Waals surface area (Å²) in [4.78, 5) is 19.7. The smallest absolute Gasteiger partial charge is 0.255 e. The number of nitrogens with one attached hydrogen (secondary N) is 1. The fraction of sp³-hybridized carbons (Fsp3) is 0.267. The summed E-state index contributed by atoms with van der Waals surface area (Å²) in [5.74, 6) is -0.157. The highest BCUT2D eigenvalue weighted by Gasteiger charge is 2.14. The molecule has 19 heavy (non-hydrogen) atoms. The molecule has 0 spiro atoms. The van der Waals surface area contributed by atoms with Gasteiger partial charge in [0.1, 0.15) is 6.33 Å². The highest BCUT2D eigenvalue weighted by Crippen LogP contribution is 2.22. The van der Waals surface area contributed by atoms with E-state index in [0.29, 0.717) is 11.3 Å². The predicted molar refractivity (Wildman–Crippen MR) is 75.1 cm³/mol. The number of nitrogens with zero attached hydrogens (tertiary/aromatic N) is 2. The lowest BCUT2D eigenvalue weighted by Gasteiger charge is -2.19. The van der Waals surface area contributed by atoms with Crippen LogP contribution in [-0.2, 0) is 5.41 Å². The predicted octanol–water partition coefficient (Wildman–Crippen LogP) is 3.03. The van der Waals surface area contributed by atoms with Crippen LogP contribution >= 0.6 is 0 Å².